The van der Waals surface area contributed by atoms with Gasteiger partial charge in [-0.05, 0) is 38.8 Å². The Morgan fingerprint density at radius 2 is 2.00 bits per heavy atom. The highest BCUT2D eigenvalue weighted by molar-refractivity contribution is 9.10. The first kappa shape index (κ1) is 10.9. The molecule has 0 atom stereocenters. The molecule has 2 aromatic heterocycles. The average Bonchev–Trinajstić information content (AvgIpc) is 2.84. The first-order valence-corrected chi connectivity index (χ1v) is 6.68. The van der Waals surface area contributed by atoms with Crippen molar-refractivity contribution in [2.75, 3.05) is 7.11 Å². The highest BCUT2D eigenvalue weighted by Crippen LogP contribution is 2.38. The number of halogens is 1. The van der Waals surface area contributed by atoms with E-state index in [9.17, 15) is 4.79 Å². The van der Waals surface area contributed by atoms with Gasteiger partial charge in [-0.3, -0.25) is 0 Å². The minimum absolute atomic E-state index is 0. The van der Waals surface area contributed by atoms with E-state index in [1.165, 1.54) is 7.11 Å². The molecule has 5 heteroatoms. The molecule has 0 saturated heterocycles. The van der Waals surface area contributed by atoms with Gasteiger partial charge >= 0.3 is 5.97 Å². The molecular weight excluding hydrogens is 296 g/mol. The van der Waals surface area contributed by atoms with Crippen LogP contribution in [0, 0.1) is 0 Å². The summed E-state index contributed by atoms with van der Waals surface area (Å²) < 4.78 is 5.74. The molecule has 0 saturated carbocycles. The molecule has 0 fully saturated rings. The number of hydrogen-bond acceptors (Lipinski definition) is 4. The van der Waals surface area contributed by atoms with Crippen molar-refractivity contribution >= 4 is 44.6 Å². The number of rotatable bonds is 2. The lowest BCUT2D eigenvalue weighted by molar-refractivity contribution is 0.0602. The second kappa shape index (κ2) is 4.47. The zero-order chi connectivity index (χ0) is 10.8. The Balaban J connectivity index is -0.0000000474. The van der Waals surface area contributed by atoms with Crippen LogP contribution in [0.2, 0.25) is 0 Å². The van der Waals surface area contributed by atoms with Gasteiger partial charge in [-0.25, -0.2) is 4.79 Å². The van der Waals surface area contributed by atoms with Gasteiger partial charge in [0.2, 0.25) is 0 Å². The number of thiophene rings is 2. The number of carbonyl (C=O) groups excluding carboxylic acids is 1. The maximum Gasteiger partial charge on any atom is 0.339 e. The Bertz CT molecular complexity index is 510. The molecule has 0 unspecified atom stereocenters. The lowest BCUT2D eigenvalue weighted by Crippen LogP contribution is -2.00. The molecular formula is C10H25BrO2S2. The molecule has 2 aromatic rings. The van der Waals surface area contributed by atoms with Gasteiger partial charge in [0, 0.05) is 17.3 Å². The fourth-order valence-electron chi connectivity index (χ4n) is 1.21. The summed E-state index contributed by atoms with van der Waals surface area (Å²) in [6.45, 7) is 0. The third-order valence-corrected chi connectivity index (χ3v) is 4.81. The van der Waals surface area contributed by atoms with E-state index in [0.29, 0.717) is 5.56 Å². The first-order valence-electron chi connectivity index (χ1n) is 4.13. The summed E-state index contributed by atoms with van der Waals surface area (Å²) in [5, 5.41) is 3.88. The summed E-state index contributed by atoms with van der Waals surface area (Å²) in [4.78, 5) is 13.5. The van der Waals surface area contributed by atoms with Gasteiger partial charge < -0.3 is 4.74 Å². The molecule has 2 nitrogen and oxygen atoms in total. The second-order valence-corrected chi connectivity index (χ2v) is 5.44. The van der Waals surface area contributed by atoms with Crippen molar-refractivity contribution in [1.29, 1.82) is 0 Å². The van der Waals surface area contributed by atoms with Crippen LogP contribution in [0.25, 0.3) is 9.75 Å². The molecule has 0 aliphatic carbocycles. The number of hydrogen-bond donors (Lipinski definition) is 0. The maximum atomic E-state index is 11.5. The van der Waals surface area contributed by atoms with Crippen LogP contribution in [-0.2, 0) is 4.74 Å². The van der Waals surface area contributed by atoms with Crippen molar-refractivity contribution in [1.82, 2.24) is 0 Å². The normalized spacial score (nSPS) is 10.3. The summed E-state index contributed by atoms with van der Waals surface area (Å²) in [5.41, 5.74) is 0.630. The zero-order valence-corrected chi connectivity index (χ0v) is 11.0. The van der Waals surface area contributed by atoms with Crippen LogP contribution < -0.4 is 0 Å². The fraction of sp³-hybridized carbons (Fsp3) is 0.100. The maximum absolute atomic E-state index is 11.5. The van der Waals surface area contributed by atoms with E-state index in [4.69, 9.17) is 4.74 Å². The highest BCUT2D eigenvalue weighted by atomic mass is 79.9. The number of ether oxygens (including phenoxy) is 1. The van der Waals surface area contributed by atoms with Gasteiger partial charge in [0.1, 0.15) is 0 Å². The van der Waals surface area contributed by atoms with Crippen LogP contribution in [0.15, 0.2) is 27.4 Å². The molecule has 0 amide bonds. The fourth-order valence-corrected chi connectivity index (χ4v) is 3.99. The number of esters is 1. The summed E-state index contributed by atoms with van der Waals surface area (Å²) in [6.07, 6.45) is 0. The van der Waals surface area contributed by atoms with Crippen molar-refractivity contribution in [3.63, 3.8) is 0 Å². The molecule has 0 aliphatic heterocycles. The summed E-state index contributed by atoms with van der Waals surface area (Å²) in [6, 6.07) is 3.76. The van der Waals surface area contributed by atoms with E-state index in [1.54, 1.807) is 28.7 Å². The van der Waals surface area contributed by atoms with E-state index < -0.39 is 0 Å². The van der Waals surface area contributed by atoms with Crippen molar-refractivity contribution < 1.29 is 22.4 Å². The smallest absolute Gasteiger partial charge is 0.339 e. The summed E-state index contributed by atoms with van der Waals surface area (Å²) in [7, 11) is 1.40. The minimum Gasteiger partial charge on any atom is -0.465 e. The van der Waals surface area contributed by atoms with Gasteiger partial charge in [0.05, 0.1) is 22.4 Å². The topological polar surface area (TPSA) is 26.3 Å². The van der Waals surface area contributed by atoms with Crippen molar-refractivity contribution in [3.05, 3.63) is 32.9 Å². The monoisotopic (exact) mass is 320 g/mol. The van der Waals surface area contributed by atoms with Gasteiger partial charge in [-0.1, -0.05) is 0 Å². The molecule has 0 bridgehead atoms. The Hall–Kier alpha value is -0.650. The predicted molar refractivity (Wildman–Crippen MR) is 85.7 cm³/mol. The first-order chi connectivity index (χ1) is 7.24. The SMILES string of the molecule is COC(=O)c1ccsc1-c1sccc1Br.[HH].[HH].[HH].[HH].[HH].[HH].[HH].[HH].[HH]. The van der Waals surface area contributed by atoms with Crippen molar-refractivity contribution in [2.24, 2.45) is 0 Å². The van der Waals surface area contributed by atoms with Gasteiger partial charge in [-0.2, -0.15) is 0 Å². The molecule has 15 heavy (non-hydrogen) atoms. The molecule has 96 valence electrons. The molecule has 0 spiro atoms. The largest absolute Gasteiger partial charge is 0.465 e. The Morgan fingerprint density at radius 3 is 2.60 bits per heavy atom. The third kappa shape index (κ3) is 2.00. The van der Waals surface area contributed by atoms with E-state index >= 15 is 0 Å². The van der Waals surface area contributed by atoms with Gasteiger partial charge in [0.25, 0.3) is 0 Å². The summed E-state index contributed by atoms with van der Waals surface area (Å²) >= 11 is 6.61. The van der Waals surface area contributed by atoms with E-state index in [2.05, 4.69) is 15.9 Å². The highest BCUT2D eigenvalue weighted by Gasteiger charge is 2.17. The van der Waals surface area contributed by atoms with Gasteiger partial charge in [-0.15, -0.1) is 22.7 Å². The summed E-state index contributed by atoms with van der Waals surface area (Å²) in [5.74, 6) is -0.286. The quantitative estimate of drug-likeness (QED) is 0.612. The molecule has 0 aromatic carbocycles. The van der Waals surface area contributed by atoms with E-state index in [-0.39, 0.29) is 18.8 Å². The van der Waals surface area contributed by atoms with E-state index in [1.807, 2.05) is 16.8 Å². The second-order valence-electron chi connectivity index (χ2n) is 2.75. The molecule has 0 radical (unpaired) electrons. The molecule has 0 N–H and O–H groups in total. The van der Waals surface area contributed by atoms with Crippen molar-refractivity contribution in [3.8, 4) is 9.75 Å². The Morgan fingerprint density at radius 1 is 1.33 bits per heavy atom. The van der Waals surface area contributed by atoms with Crippen LogP contribution >= 0.6 is 38.6 Å². The minimum atomic E-state index is -0.286. The lowest BCUT2D eigenvalue weighted by atomic mass is 10.2. The number of carbonyl (C=O) groups is 1. The van der Waals surface area contributed by atoms with Gasteiger partial charge in [0.15, 0.2) is 0 Å². The number of methoxy groups -OCH3 is 1. The van der Waals surface area contributed by atoms with Crippen molar-refractivity contribution in [2.45, 2.75) is 0 Å². The van der Waals surface area contributed by atoms with Crippen LogP contribution in [0.1, 0.15) is 23.2 Å². The predicted octanol–water partition coefficient (Wildman–Crippen LogP) is 6.24. The van der Waals surface area contributed by atoms with Crippen LogP contribution in [0.4, 0.5) is 0 Å². The average molecular weight is 321 g/mol. The molecule has 0 aliphatic rings. The Labute approximate surface area is 117 Å². The lowest BCUT2D eigenvalue weighted by Gasteiger charge is -2.00. The molecule has 2 heterocycles. The molecule has 2 rings (SSSR count). The third-order valence-electron chi connectivity index (χ3n) is 1.89. The van der Waals surface area contributed by atoms with Crippen LogP contribution in [-0.4, -0.2) is 13.1 Å². The standard InChI is InChI=1S/C10H7BrO2S2.9H2/c1-13-10(12)6-2-4-14-8(6)9-7(11)3-5-15-9;;;;;;;;;/h2-5H,1H3;9*1H. The van der Waals surface area contributed by atoms with Crippen LogP contribution in [0.3, 0.4) is 0 Å². The zero-order valence-electron chi connectivity index (χ0n) is 7.82. The Kier molecular flexibility index (Phi) is 3.23. The van der Waals surface area contributed by atoms with E-state index in [0.717, 1.165) is 14.2 Å². The van der Waals surface area contributed by atoms with Crippen LogP contribution in [0.5, 0.6) is 0 Å².